The van der Waals surface area contributed by atoms with E-state index >= 15 is 0 Å². The summed E-state index contributed by atoms with van der Waals surface area (Å²) in [5.41, 5.74) is 1.85. The average molecular weight is 353 g/mol. The van der Waals surface area contributed by atoms with E-state index in [9.17, 15) is 13.2 Å². The predicted octanol–water partition coefficient (Wildman–Crippen LogP) is 0.234. The fourth-order valence-electron chi connectivity index (χ4n) is 2.89. The number of rotatable bonds is 4. The predicted molar refractivity (Wildman–Crippen MR) is 84.8 cm³/mol. The molecule has 3 heterocycles. The summed E-state index contributed by atoms with van der Waals surface area (Å²) in [5, 5.41) is 8.07. The van der Waals surface area contributed by atoms with Gasteiger partial charge in [-0.25, -0.2) is 13.1 Å². The minimum atomic E-state index is -3.32. The first kappa shape index (κ1) is 16.7. The van der Waals surface area contributed by atoms with E-state index in [-0.39, 0.29) is 18.5 Å². The number of nitrogens with one attached hydrogen (secondary N) is 1. The quantitative estimate of drug-likeness (QED) is 0.843. The summed E-state index contributed by atoms with van der Waals surface area (Å²) in [4.78, 5) is 14.5. The van der Waals surface area contributed by atoms with E-state index in [1.165, 1.54) is 0 Å². The van der Waals surface area contributed by atoms with Crippen LogP contribution in [0.15, 0.2) is 16.8 Å². The number of aromatic nitrogens is 3. The number of amides is 1. The monoisotopic (exact) mass is 353 g/mol. The van der Waals surface area contributed by atoms with E-state index in [1.54, 1.807) is 29.6 Å². The van der Waals surface area contributed by atoms with Gasteiger partial charge in [-0.3, -0.25) is 9.48 Å². The highest BCUT2D eigenvalue weighted by molar-refractivity contribution is 7.88. The molecule has 0 saturated carbocycles. The van der Waals surface area contributed by atoms with Crippen molar-refractivity contribution < 1.29 is 17.7 Å². The van der Waals surface area contributed by atoms with Crippen molar-refractivity contribution in [3.63, 3.8) is 0 Å². The van der Waals surface area contributed by atoms with Gasteiger partial charge in [-0.05, 0) is 19.9 Å². The first-order chi connectivity index (χ1) is 11.3. The topological polar surface area (TPSA) is 110 Å². The number of sulfonamides is 1. The molecule has 2 aromatic heterocycles. The lowest BCUT2D eigenvalue weighted by atomic mass is 10.1. The Hall–Kier alpha value is -2.20. The van der Waals surface area contributed by atoms with Crippen LogP contribution in [0, 0.1) is 13.8 Å². The lowest BCUT2D eigenvalue weighted by Gasteiger charge is -2.33. The van der Waals surface area contributed by atoms with Crippen LogP contribution in [0.4, 0.5) is 0 Å². The van der Waals surface area contributed by atoms with Gasteiger partial charge < -0.3 is 9.42 Å². The fourth-order valence-corrected chi connectivity index (χ4v) is 3.38. The van der Waals surface area contributed by atoms with Gasteiger partial charge in [0.1, 0.15) is 11.3 Å². The van der Waals surface area contributed by atoms with Crippen molar-refractivity contribution in [3.05, 3.63) is 35.0 Å². The normalized spacial score (nSPS) is 17.8. The molecule has 0 aliphatic carbocycles. The van der Waals surface area contributed by atoms with Gasteiger partial charge in [0.25, 0.3) is 5.91 Å². The van der Waals surface area contributed by atoms with E-state index in [4.69, 9.17) is 4.52 Å². The smallest absolute Gasteiger partial charge is 0.259 e. The second kappa shape index (κ2) is 6.02. The van der Waals surface area contributed by atoms with Crippen LogP contribution < -0.4 is 4.72 Å². The van der Waals surface area contributed by atoms with Crippen molar-refractivity contribution in [1.82, 2.24) is 24.6 Å². The molecule has 3 rings (SSSR count). The zero-order valence-electron chi connectivity index (χ0n) is 13.7. The Kier molecular flexibility index (Phi) is 4.18. The van der Waals surface area contributed by atoms with Gasteiger partial charge in [0, 0.05) is 19.3 Å². The van der Waals surface area contributed by atoms with Crippen LogP contribution in [0.25, 0.3) is 0 Å². The Morgan fingerprint density at radius 2 is 2.21 bits per heavy atom. The molecule has 0 unspecified atom stereocenters. The summed E-state index contributed by atoms with van der Waals surface area (Å²) in [7, 11) is -3.32. The number of carbonyl (C=O) groups excluding carboxylic acids is 1. The van der Waals surface area contributed by atoms with Crippen molar-refractivity contribution in [1.29, 1.82) is 0 Å². The van der Waals surface area contributed by atoms with Crippen LogP contribution in [0.3, 0.4) is 0 Å². The Morgan fingerprint density at radius 1 is 1.46 bits per heavy atom. The molecule has 0 aromatic carbocycles. The lowest BCUT2D eigenvalue weighted by molar-refractivity contribution is 0.0669. The third kappa shape index (κ3) is 3.20. The molecule has 0 radical (unpaired) electrons. The van der Waals surface area contributed by atoms with Gasteiger partial charge in [-0.15, -0.1) is 0 Å². The van der Waals surface area contributed by atoms with Crippen molar-refractivity contribution in [2.24, 2.45) is 0 Å². The molecule has 0 fully saturated rings. The highest BCUT2D eigenvalue weighted by Crippen LogP contribution is 2.23. The molecule has 130 valence electrons. The number of carbonyl (C=O) groups is 1. The zero-order valence-corrected chi connectivity index (χ0v) is 14.5. The Balaban J connectivity index is 1.86. The van der Waals surface area contributed by atoms with Crippen LogP contribution in [0.1, 0.15) is 33.5 Å². The summed E-state index contributed by atoms with van der Waals surface area (Å²) in [5.74, 6) is 0.297. The molecule has 9 nitrogen and oxygen atoms in total. The minimum absolute atomic E-state index is 0.166. The molecule has 1 atom stereocenters. The number of hydrogen-bond donors (Lipinski definition) is 1. The molecule has 1 amide bonds. The Labute approximate surface area is 139 Å². The van der Waals surface area contributed by atoms with Gasteiger partial charge in [0.2, 0.25) is 10.0 Å². The summed E-state index contributed by atoms with van der Waals surface area (Å²) >= 11 is 0. The van der Waals surface area contributed by atoms with Crippen molar-refractivity contribution in [3.8, 4) is 0 Å². The summed E-state index contributed by atoms with van der Waals surface area (Å²) in [6.45, 7) is 4.34. The van der Waals surface area contributed by atoms with Crippen LogP contribution >= 0.6 is 0 Å². The molecule has 10 heteroatoms. The maximum atomic E-state index is 12.8. The second-order valence-corrected chi connectivity index (χ2v) is 7.76. The highest BCUT2D eigenvalue weighted by atomic mass is 32.2. The maximum Gasteiger partial charge on any atom is 0.259 e. The van der Waals surface area contributed by atoms with Crippen LogP contribution in [-0.4, -0.2) is 53.5 Å². The van der Waals surface area contributed by atoms with Crippen LogP contribution in [0.2, 0.25) is 0 Å². The third-order valence-electron chi connectivity index (χ3n) is 4.00. The third-order valence-corrected chi connectivity index (χ3v) is 4.69. The average Bonchev–Trinajstić information content (AvgIpc) is 3.10. The van der Waals surface area contributed by atoms with Gasteiger partial charge in [-0.2, -0.15) is 5.10 Å². The van der Waals surface area contributed by atoms with Gasteiger partial charge in [0.05, 0.1) is 30.2 Å². The Bertz CT molecular complexity index is 850. The molecular formula is C14H19N5O4S. The minimum Gasteiger partial charge on any atom is -0.361 e. The van der Waals surface area contributed by atoms with Crippen molar-refractivity contribution in [2.75, 3.05) is 19.3 Å². The molecular weight excluding hydrogens is 334 g/mol. The first-order valence-electron chi connectivity index (χ1n) is 7.45. The fraction of sp³-hybridized carbons (Fsp3) is 0.500. The van der Waals surface area contributed by atoms with Crippen molar-refractivity contribution in [2.45, 2.75) is 26.4 Å². The Morgan fingerprint density at radius 3 is 2.83 bits per heavy atom. The maximum absolute atomic E-state index is 12.8. The highest BCUT2D eigenvalue weighted by Gasteiger charge is 2.31. The number of aryl methyl sites for hydroxylation is 2. The van der Waals surface area contributed by atoms with Crippen LogP contribution in [-0.2, 0) is 16.6 Å². The largest absolute Gasteiger partial charge is 0.361 e. The molecule has 0 spiro atoms. The molecule has 0 bridgehead atoms. The molecule has 1 aliphatic heterocycles. The summed E-state index contributed by atoms with van der Waals surface area (Å²) in [6.07, 6.45) is 2.75. The standard InChI is InChI=1S/C14H19N5O4S/c1-9-13(10(2)23-17-9)14(20)18-7-11-4-5-15-19(11)12(8-18)6-16-24(3,21)22/h4-5,12,16H,6-8H2,1-3H3/t12-/m0/s1. The van der Waals surface area contributed by atoms with Gasteiger partial charge in [-0.1, -0.05) is 5.16 Å². The summed E-state index contributed by atoms with van der Waals surface area (Å²) in [6, 6.07) is 1.54. The van der Waals surface area contributed by atoms with E-state index in [1.807, 2.05) is 6.07 Å². The number of fused-ring (bicyclic) bond motifs is 1. The number of hydrogen-bond acceptors (Lipinski definition) is 6. The number of nitrogens with zero attached hydrogens (tertiary/aromatic N) is 4. The van der Waals surface area contributed by atoms with E-state index in [0.717, 1.165) is 11.9 Å². The van der Waals surface area contributed by atoms with Gasteiger partial charge in [0.15, 0.2) is 0 Å². The van der Waals surface area contributed by atoms with Crippen LogP contribution in [0.5, 0.6) is 0 Å². The van der Waals surface area contributed by atoms with Crippen molar-refractivity contribution >= 4 is 15.9 Å². The molecule has 24 heavy (non-hydrogen) atoms. The van der Waals surface area contributed by atoms with E-state index < -0.39 is 10.0 Å². The molecule has 1 aliphatic rings. The molecule has 2 aromatic rings. The van der Waals surface area contributed by atoms with E-state index in [0.29, 0.717) is 30.1 Å². The lowest BCUT2D eigenvalue weighted by Crippen LogP contribution is -2.45. The first-order valence-corrected chi connectivity index (χ1v) is 9.34. The SMILES string of the molecule is Cc1noc(C)c1C(=O)N1Cc2ccnn2[C@@H](CNS(C)(=O)=O)C1. The zero-order chi connectivity index (χ0) is 17.5. The van der Waals surface area contributed by atoms with Gasteiger partial charge >= 0.3 is 0 Å². The molecule has 1 N–H and O–H groups in total. The molecule has 0 saturated heterocycles. The second-order valence-electron chi connectivity index (χ2n) is 5.93. The van der Waals surface area contributed by atoms with E-state index in [2.05, 4.69) is 15.0 Å². The summed E-state index contributed by atoms with van der Waals surface area (Å²) < 4.78 is 32.1.